The van der Waals surface area contributed by atoms with Crippen LogP contribution in [0.15, 0.2) is 41.5 Å². The number of nitrogens with zero attached hydrogens (tertiary/aromatic N) is 4. The van der Waals surface area contributed by atoms with E-state index in [4.69, 9.17) is 0 Å². The minimum atomic E-state index is 0.681. The lowest BCUT2D eigenvalue weighted by Crippen LogP contribution is -2.07. The first-order chi connectivity index (χ1) is 8.93. The number of aromatic nitrogens is 4. The Morgan fingerprint density at radius 1 is 1.11 bits per heavy atom. The molecule has 0 radical (unpaired) electrons. The van der Waals surface area contributed by atoms with E-state index in [2.05, 4.69) is 29.9 Å². The van der Waals surface area contributed by atoms with Gasteiger partial charge in [-0.15, -0.1) is 0 Å². The number of nitrogens with one attached hydrogen (secondary N) is 1. The van der Waals surface area contributed by atoms with Crippen LogP contribution in [0, 0.1) is 0 Å². The third-order valence-corrected chi connectivity index (χ3v) is 2.59. The molecule has 0 aliphatic heterocycles. The molecule has 0 unspecified atom stereocenters. The van der Waals surface area contributed by atoms with Crippen LogP contribution in [0.2, 0.25) is 0 Å². The number of hydrogen-bond acceptors (Lipinski definition) is 6. The molecule has 0 amide bonds. The molecule has 6 heteroatoms. The van der Waals surface area contributed by atoms with Crippen molar-refractivity contribution in [1.29, 1.82) is 0 Å². The van der Waals surface area contributed by atoms with Crippen LogP contribution in [0.3, 0.4) is 0 Å². The fourth-order valence-corrected chi connectivity index (χ4v) is 1.74. The van der Waals surface area contributed by atoms with Crippen molar-refractivity contribution in [2.75, 3.05) is 11.9 Å². The van der Waals surface area contributed by atoms with Gasteiger partial charge in [-0.25, -0.2) is 9.97 Å². The molecule has 1 aromatic carbocycles. The quantitative estimate of drug-likeness (QED) is 0.748. The molecule has 2 aromatic heterocycles. The molecular formula is C12H11N5O. The lowest BCUT2D eigenvalue weighted by atomic mass is 10.2. The highest BCUT2D eigenvalue weighted by atomic mass is 16.5. The second-order valence-corrected chi connectivity index (χ2v) is 3.76. The minimum absolute atomic E-state index is 0.681. The van der Waals surface area contributed by atoms with Crippen LogP contribution in [-0.4, -0.2) is 26.7 Å². The second-order valence-electron chi connectivity index (χ2n) is 3.76. The van der Waals surface area contributed by atoms with Gasteiger partial charge in [0.15, 0.2) is 5.82 Å². The zero-order chi connectivity index (χ0) is 12.2. The van der Waals surface area contributed by atoms with Crippen molar-refractivity contribution in [2.45, 2.75) is 6.42 Å². The van der Waals surface area contributed by atoms with Gasteiger partial charge in [0.2, 0.25) is 6.39 Å². The Morgan fingerprint density at radius 3 is 2.94 bits per heavy atom. The van der Waals surface area contributed by atoms with Crippen LogP contribution in [-0.2, 0) is 6.42 Å². The van der Waals surface area contributed by atoms with Crippen molar-refractivity contribution in [3.63, 3.8) is 0 Å². The summed E-state index contributed by atoms with van der Waals surface area (Å²) in [5.41, 5.74) is 0.926. The predicted octanol–water partition coefficient (Wildman–Crippen LogP) is 1.67. The maximum absolute atomic E-state index is 4.67. The standard InChI is InChI=1S/C12H11N5O/c1-2-4-10-9(3-1)12(15-7-14-10)13-6-5-11-16-8-18-17-11/h1-4,7-8H,5-6H2,(H,13,14,15). The van der Waals surface area contributed by atoms with Crippen LogP contribution in [0.25, 0.3) is 10.9 Å². The molecule has 2 heterocycles. The maximum atomic E-state index is 4.67. The van der Waals surface area contributed by atoms with Gasteiger partial charge in [-0.05, 0) is 12.1 Å². The van der Waals surface area contributed by atoms with Gasteiger partial charge in [-0.3, -0.25) is 0 Å². The molecule has 0 aliphatic rings. The number of hydrogen-bond donors (Lipinski definition) is 1. The topological polar surface area (TPSA) is 76.7 Å². The number of benzene rings is 1. The Kier molecular flexibility index (Phi) is 2.83. The van der Waals surface area contributed by atoms with E-state index in [1.54, 1.807) is 6.33 Å². The minimum Gasteiger partial charge on any atom is -0.369 e. The van der Waals surface area contributed by atoms with Crippen molar-refractivity contribution < 1.29 is 4.52 Å². The molecule has 18 heavy (non-hydrogen) atoms. The van der Waals surface area contributed by atoms with Gasteiger partial charge < -0.3 is 9.84 Å². The van der Waals surface area contributed by atoms with Crippen LogP contribution < -0.4 is 5.32 Å². The van der Waals surface area contributed by atoms with Gasteiger partial charge in [0.05, 0.1) is 5.52 Å². The van der Waals surface area contributed by atoms with Crippen molar-refractivity contribution in [3.8, 4) is 0 Å². The number of para-hydroxylation sites is 1. The molecule has 0 spiro atoms. The van der Waals surface area contributed by atoms with E-state index in [1.165, 1.54) is 6.39 Å². The van der Waals surface area contributed by atoms with Gasteiger partial charge >= 0.3 is 0 Å². The molecule has 3 aromatic rings. The summed E-state index contributed by atoms with van der Waals surface area (Å²) in [6.07, 6.45) is 3.57. The summed E-state index contributed by atoms with van der Waals surface area (Å²) in [6.45, 7) is 0.695. The first-order valence-electron chi connectivity index (χ1n) is 5.62. The molecule has 6 nitrogen and oxygen atoms in total. The zero-order valence-corrected chi connectivity index (χ0v) is 9.58. The fraction of sp³-hybridized carbons (Fsp3) is 0.167. The lowest BCUT2D eigenvalue weighted by molar-refractivity contribution is 0.410. The Labute approximate surface area is 103 Å². The first-order valence-corrected chi connectivity index (χ1v) is 5.62. The smallest absolute Gasteiger partial charge is 0.213 e. The van der Waals surface area contributed by atoms with Gasteiger partial charge in [0.1, 0.15) is 12.1 Å². The Morgan fingerprint density at radius 2 is 2.06 bits per heavy atom. The fourth-order valence-electron chi connectivity index (χ4n) is 1.74. The van der Waals surface area contributed by atoms with E-state index in [0.717, 1.165) is 16.7 Å². The van der Waals surface area contributed by atoms with Crippen molar-refractivity contribution in [2.24, 2.45) is 0 Å². The lowest BCUT2D eigenvalue weighted by Gasteiger charge is -2.06. The average molecular weight is 241 g/mol. The SMILES string of the molecule is c1ccc2c(NCCc3ncon3)ncnc2c1. The van der Waals surface area contributed by atoms with E-state index in [9.17, 15) is 0 Å². The largest absolute Gasteiger partial charge is 0.369 e. The Hall–Kier alpha value is -2.50. The van der Waals surface area contributed by atoms with Crippen LogP contribution >= 0.6 is 0 Å². The van der Waals surface area contributed by atoms with Crippen LogP contribution in [0.5, 0.6) is 0 Å². The van der Waals surface area contributed by atoms with Crippen molar-refractivity contribution >= 4 is 16.7 Å². The molecular weight excluding hydrogens is 230 g/mol. The summed E-state index contributed by atoms with van der Waals surface area (Å²) in [7, 11) is 0. The van der Waals surface area contributed by atoms with E-state index >= 15 is 0 Å². The van der Waals surface area contributed by atoms with E-state index in [1.807, 2.05) is 24.3 Å². The van der Waals surface area contributed by atoms with Gasteiger partial charge in [0.25, 0.3) is 0 Å². The van der Waals surface area contributed by atoms with Gasteiger partial charge in [0, 0.05) is 18.4 Å². The summed E-state index contributed by atoms with van der Waals surface area (Å²) in [4.78, 5) is 12.4. The van der Waals surface area contributed by atoms with E-state index in [-0.39, 0.29) is 0 Å². The first kappa shape index (κ1) is 10.6. The molecule has 0 atom stereocenters. The van der Waals surface area contributed by atoms with Crippen LogP contribution in [0.1, 0.15) is 5.82 Å². The monoisotopic (exact) mass is 241 g/mol. The molecule has 90 valence electrons. The summed E-state index contributed by atoms with van der Waals surface area (Å²) >= 11 is 0. The molecule has 0 bridgehead atoms. The summed E-state index contributed by atoms with van der Waals surface area (Å²) < 4.78 is 4.67. The molecule has 0 fully saturated rings. The predicted molar refractivity (Wildman–Crippen MR) is 66.0 cm³/mol. The Balaban J connectivity index is 1.74. The van der Waals surface area contributed by atoms with Crippen molar-refractivity contribution in [3.05, 3.63) is 42.8 Å². The second kappa shape index (κ2) is 4.79. The third kappa shape index (κ3) is 2.13. The summed E-state index contributed by atoms with van der Waals surface area (Å²) in [6, 6.07) is 7.88. The normalized spacial score (nSPS) is 10.7. The molecule has 0 aliphatic carbocycles. The highest BCUT2D eigenvalue weighted by Crippen LogP contribution is 2.17. The number of anilines is 1. The van der Waals surface area contributed by atoms with Gasteiger partial charge in [-0.1, -0.05) is 17.3 Å². The molecule has 1 N–H and O–H groups in total. The van der Waals surface area contributed by atoms with E-state index < -0.39 is 0 Å². The number of rotatable bonds is 4. The third-order valence-electron chi connectivity index (χ3n) is 2.59. The average Bonchev–Trinajstić information content (AvgIpc) is 2.92. The molecule has 3 rings (SSSR count). The van der Waals surface area contributed by atoms with Crippen LogP contribution in [0.4, 0.5) is 5.82 Å². The molecule has 0 saturated heterocycles. The summed E-state index contributed by atoms with van der Waals surface area (Å²) in [5, 5.41) is 8.01. The van der Waals surface area contributed by atoms with Crippen molar-refractivity contribution in [1.82, 2.24) is 20.1 Å². The maximum Gasteiger partial charge on any atom is 0.213 e. The zero-order valence-electron chi connectivity index (χ0n) is 9.58. The molecule has 0 saturated carbocycles. The number of fused-ring (bicyclic) bond motifs is 1. The Bertz CT molecular complexity index is 633. The highest BCUT2D eigenvalue weighted by molar-refractivity contribution is 5.88. The highest BCUT2D eigenvalue weighted by Gasteiger charge is 2.03. The van der Waals surface area contributed by atoms with E-state index in [0.29, 0.717) is 18.8 Å². The van der Waals surface area contributed by atoms with Gasteiger partial charge in [-0.2, -0.15) is 4.98 Å². The summed E-state index contributed by atoms with van der Waals surface area (Å²) in [5.74, 6) is 1.50.